The van der Waals surface area contributed by atoms with Crippen LogP contribution in [-0.4, -0.2) is 18.0 Å². The number of nitrogens with one attached hydrogen (secondary N) is 1. The molecular formula is C12H24ClN. The van der Waals surface area contributed by atoms with Gasteiger partial charge in [0.2, 0.25) is 0 Å². The van der Waals surface area contributed by atoms with E-state index in [1.54, 1.807) is 0 Å². The van der Waals surface area contributed by atoms with Crippen LogP contribution in [0.4, 0.5) is 0 Å². The predicted octanol–water partition coefficient (Wildman–Crippen LogP) is 3.56. The topological polar surface area (TPSA) is 12.0 Å². The zero-order chi connectivity index (χ0) is 10.4. The number of halogens is 1. The van der Waals surface area contributed by atoms with Crippen molar-refractivity contribution in [2.75, 3.05) is 12.4 Å². The highest BCUT2D eigenvalue weighted by molar-refractivity contribution is 6.18. The van der Waals surface area contributed by atoms with Gasteiger partial charge in [0, 0.05) is 11.4 Å². The van der Waals surface area contributed by atoms with Gasteiger partial charge < -0.3 is 5.32 Å². The van der Waals surface area contributed by atoms with E-state index in [2.05, 4.69) is 19.2 Å². The van der Waals surface area contributed by atoms with Crippen molar-refractivity contribution in [2.24, 2.45) is 5.92 Å². The van der Waals surface area contributed by atoms with E-state index in [1.807, 2.05) is 0 Å². The van der Waals surface area contributed by atoms with Gasteiger partial charge in [-0.1, -0.05) is 33.1 Å². The van der Waals surface area contributed by atoms with E-state index in [0.717, 1.165) is 18.3 Å². The summed E-state index contributed by atoms with van der Waals surface area (Å²) in [6.07, 6.45) is 7.90. The van der Waals surface area contributed by atoms with Crippen molar-refractivity contribution in [3.63, 3.8) is 0 Å². The van der Waals surface area contributed by atoms with E-state index in [0.29, 0.717) is 0 Å². The molecule has 1 fully saturated rings. The SMILES string of the molecule is CC(C)CCNC1(CCl)CCCCC1. The van der Waals surface area contributed by atoms with Crippen molar-refractivity contribution >= 4 is 11.6 Å². The quantitative estimate of drug-likeness (QED) is 0.695. The van der Waals surface area contributed by atoms with Crippen molar-refractivity contribution < 1.29 is 0 Å². The maximum absolute atomic E-state index is 6.09. The molecule has 1 aliphatic carbocycles. The van der Waals surface area contributed by atoms with Crippen LogP contribution in [0.1, 0.15) is 52.4 Å². The highest BCUT2D eigenvalue weighted by atomic mass is 35.5. The van der Waals surface area contributed by atoms with E-state index in [4.69, 9.17) is 11.6 Å². The fraction of sp³-hybridized carbons (Fsp3) is 1.00. The number of rotatable bonds is 5. The molecule has 0 aliphatic heterocycles. The molecule has 1 saturated carbocycles. The highest BCUT2D eigenvalue weighted by Gasteiger charge is 2.29. The van der Waals surface area contributed by atoms with Gasteiger partial charge in [-0.25, -0.2) is 0 Å². The number of hydrogen-bond donors (Lipinski definition) is 1. The Morgan fingerprint density at radius 1 is 1.21 bits per heavy atom. The zero-order valence-electron chi connectivity index (χ0n) is 9.61. The Kier molecular flexibility index (Phi) is 5.25. The second kappa shape index (κ2) is 5.97. The third-order valence-corrected chi connectivity index (χ3v) is 3.80. The molecule has 0 spiro atoms. The number of alkyl halides is 1. The lowest BCUT2D eigenvalue weighted by Crippen LogP contribution is -2.49. The van der Waals surface area contributed by atoms with Crippen LogP contribution in [0, 0.1) is 5.92 Å². The van der Waals surface area contributed by atoms with E-state index in [1.165, 1.54) is 38.5 Å². The fourth-order valence-corrected chi connectivity index (χ4v) is 2.57. The molecule has 0 atom stereocenters. The molecule has 1 nitrogen and oxygen atoms in total. The van der Waals surface area contributed by atoms with Crippen LogP contribution in [0.15, 0.2) is 0 Å². The third kappa shape index (κ3) is 3.78. The molecule has 0 radical (unpaired) electrons. The van der Waals surface area contributed by atoms with Crippen LogP contribution >= 0.6 is 11.6 Å². The van der Waals surface area contributed by atoms with Gasteiger partial charge >= 0.3 is 0 Å². The third-order valence-electron chi connectivity index (χ3n) is 3.29. The Bertz CT molecular complexity index is 150. The standard InChI is InChI=1S/C12H24ClN/c1-11(2)6-9-14-12(10-13)7-4-3-5-8-12/h11,14H,3-10H2,1-2H3. The molecule has 0 amide bonds. The fourth-order valence-electron chi connectivity index (χ4n) is 2.21. The first-order chi connectivity index (χ1) is 6.68. The van der Waals surface area contributed by atoms with Crippen molar-refractivity contribution in [2.45, 2.75) is 57.9 Å². The van der Waals surface area contributed by atoms with Crippen molar-refractivity contribution in [3.05, 3.63) is 0 Å². The Balaban J connectivity index is 2.29. The summed E-state index contributed by atoms with van der Waals surface area (Å²) in [5.74, 6) is 1.57. The summed E-state index contributed by atoms with van der Waals surface area (Å²) in [6.45, 7) is 5.68. The summed E-state index contributed by atoms with van der Waals surface area (Å²) in [6, 6.07) is 0. The second-order valence-electron chi connectivity index (χ2n) is 5.08. The Labute approximate surface area is 93.6 Å². The Morgan fingerprint density at radius 2 is 1.86 bits per heavy atom. The lowest BCUT2D eigenvalue weighted by Gasteiger charge is -2.37. The first-order valence-corrected chi connectivity index (χ1v) is 6.53. The van der Waals surface area contributed by atoms with Gasteiger partial charge in [-0.05, 0) is 31.7 Å². The maximum Gasteiger partial charge on any atom is 0.0406 e. The first kappa shape index (κ1) is 12.3. The van der Waals surface area contributed by atoms with Gasteiger partial charge in [0.15, 0.2) is 0 Å². The molecule has 0 aromatic carbocycles. The molecule has 2 heteroatoms. The molecule has 0 aromatic heterocycles. The van der Waals surface area contributed by atoms with E-state index in [-0.39, 0.29) is 5.54 Å². The molecule has 0 saturated heterocycles. The van der Waals surface area contributed by atoms with Gasteiger partial charge in [-0.2, -0.15) is 0 Å². The zero-order valence-corrected chi connectivity index (χ0v) is 10.4. The van der Waals surface area contributed by atoms with Gasteiger partial charge in [-0.15, -0.1) is 11.6 Å². The van der Waals surface area contributed by atoms with Crippen LogP contribution < -0.4 is 5.32 Å². The summed E-state index contributed by atoms with van der Waals surface area (Å²) >= 11 is 6.09. The summed E-state index contributed by atoms with van der Waals surface area (Å²) in [4.78, 5) is 0. The van der Waals surface area contributed by atoms with E-state index < -0.39 is 0 Å². The molecule has 1 rings (SSSR count). The summed E-state index contributed by atoms with van der Waals surface area (Å²) in [5, 5.41) is 3.68. The monoisotopic (exact) mass is 217 g/mol. The minimum atomic E-state index is 0.273. The minimum absolute atomic E-state index is 0.273. The Hall–Kier alpha value is 0.250. The average molecular weight is 218 g/mol. The predicted molar refractivity (Wildman–Crippen MR) is 64.0 cm³/mol. The molecule has 1 aliphatic rings. The van der Waals surface area contributed by atoms with Crippen LogP contribution in [-0.2, 0) is 0 Å². The van der Waals surface area contributed by atoms with Crippen molar-refractivity contribution in [1.29, 1.82) is 0 Å². The largest absolute Gasteiger partial charge is 0.310 e. The van der Waals surface area contributed by atoms with Crippen LogP contribution in [0.3, 0.4) is 0 Å². The lowest BCUT2D eigenvalue weighted by atomic mass is 9.83. The molecule has 14 heavy (non-hydrogen) atoms. The van der Waals surface area contributed by atoms with Crippen LogP contribution in [0.25, 0.3) is 0 Å². The van der Waals surface area contributed by atoms with E-state index >= 15 is 0 Å². The molecule has 0 bridgehead atoms. The molecule has 84 valence electrons. The number of hydrogen-bond acceptors (Lipinski definition) is 1. The van der Waals surface area contributed by atoms with E-state index in [9.17, 15) is 0 Å². The summed E-state index contributed by atoms with van der Waals surface area (Å²) in [7, 11) is 0. The second-order valence-corrected chi connectivity index (χ2v) is 5.35. The molecule has 0 heterocycles. The average Bonchev–Trinajstić information content (AvgIpc) is 2.19. The Morgan fingerprint density at radius 3 is 2.36 bits per heavy atom. The summed E-state index contributed by atoms with van der Waals surface area (Å²) in [5.41, 5.74) is 0.273. The van der Waals surface area contributed by atoms with Crippen molar-refractivity contribution in [3.8, 4) is 0 Å². The molecule has 0 unspecified atom stereocenters. The van der Waals surface area contributed by atoms with Gasteiger partial charge in [-0.3, -0.25) is 0 Å². The van der Waals surface area contributed by atoms with Crippen LogP contribution in [0.2, 0.25) is 0 Å². The van der Waals surface area contributed by atoms with Crippen LogP contribution in [0.5, 0.6) is 0 Å². The minimum Gasteiger partial charge on any atom is -0.310 e. The van der Waals surface area contributed by atoms with Crippen molar-refractivity contribution in [1.82, 2.24) is 5.32 Å². The smallest absolute Gasteiger partial charge is 0.0406 e. The molecular weight excluding hydrogens is 194 g/mol. The van der Waals surface area contributed by atoms with Gasteiger partial charge in [0.25, 0.3) is 0 Å². The molecule has 0 aromatic rings. The lowest BCUT2D eigenvalue weighted by molar-refractivity contribution is 0.254. The van der Waals surface area contributed by atoms with Gasteiger partial charge in [0.1, 0.15) is 0 Å². The molecule has 1 N–H and O–H groups in total. The first-order valence-electron chi connectivity index (χ1n) is 5.99. The summed E-state index contributed by atoms with van der Waals surface area (Å²) < 4.78 is 0. The highest BCUT2D eigenvalue weighted by Crippen LogP contribution is 2.29. The maximum atomic E-state index is 6.09. The normalized spacial score (nSPS) is 21.4. The van der Waals surface area contributed by atoms with Gasteiger partial charge in [0.05, 0.1) is 0 Å².